The Morgan fingerprint density at radius 2 is 1.74 bits per heavy atom. The Bertz CT molecular complexity index is 878. The van der Waals surface area contributed by atoms with Crippen molar-refractivity contribution >= 4 is 0 Å². The quantitative estimate of drug-likeness (QED) is 0.884. The van der Waals surface area contributed by atoms with Crippen molar-refractivity contribution in [2.45, 2.75) is 64.5 Å². The van der Waals surface area contributed by atoms with Gasteiger partial charge < -0.3 is 5.11 Å². The molecule has 3 heteroatoms. The average Bonchev–Trinajstić information content (AvgIpc) is 3.20. The van der Waals surface area contributed by atoms with Crippen LogP contribution in [0.2, 0.25) is 0 Å². The van der Waals surface area contributed by atoms with Gasteiger partial charge in [-0.25, -0.2) is 0 Å². The first-order valence-corrected chi connectivity index (χ1v) is 10.3. The second kappa shape index (κ2) is 6.16. The molecule has 3 nitrogen and oxygen atoms in total. The number of fused-ring (bicyclic) bond motifs is 2. The minimum Gasteiger partial charge on any atom is -0.389 e. The summed E-state index contributed by atoms with van der Waals surface area (Å²) in [5.41, 5.74) is 7.88. The van der Waals surface area contributed by atoms with Crippen LogP contribution in [0.25, 0.3) is 11.1 Å². The predicted molar refractivity (Wildman–Crippen MR) is 109 cm³/mol. The lowest BCUT2D eigenvalue weighted by molar-refractivity contribution is -0.0322. The molecule has 0 unspecified atom stereocenters. The molecule has 1 aliphatic carbocycles. The van der Waals surface area contributed by atoms with Crippen LogP contribution in [0.15, 0.2) is 36.4 Å². The molecule has 142 valence electrons. The molecular formula is C24H30N2O. The van der Waals surface area contributed by atoms with Gasteiger partial charge in [0.15, 0.2) is 0 Å². The van der Waals surface area contributed by atoms with E-state index >= 15 is 0 Å². The third kappa shape index (κ3) is 3.12. The van der Waals surface area contributed by atoms with Gasteiger partial charge in [0.05, 0.1) is 5.60 Å². The molecule has 0 saturated heterocycles. The standard InChI is InChI=1S/C24H30N2O/c1-24(2,27)23(16-7-8-16)26-14-19-5-4-6-21(22(19)15-26)17-9-10-18-12-25(3)13-20(18)11-17/h4-6,9-11,16,23,27H,7-8,12-15H2,1-3H3/t23-/m1/s1. The molecule has 5 rings (SSSR count). The fourth-order valence-corrected chi connectivity index (χ4v) is 5.38. The van der Waals surface area contributed by atoms with Gasteiger partial charge >= 0.3 is 0 Å². The van der Waals surface area contributed by atoms with E-state index in [0.29, 0.717) is 5.92 Å². The molecule has 0 aromatic heterocycles. The molecular weight excluding hydrogens is 332 g/mol. The first-order valence-electron chi connectivity index (χ1n) is 10.3. The highest BCUT2D eigenvalue weighted by Crippen LogP contribution is 2.44. The van der Waals surface area contributed by atoms with E-state index in [0.717, 1.165) is 26.2 Å². The molecule has 1 fully saturated rings. The summed E-state index contributed by atoms with van der Waals surface area (Å²) < 4.78 is 0. The van der Waals surface area contributed by atoms with Crippen molar-refractivity contribution in [2.75, 3.05) is 7.05 Å². The van der Waals surface area contributed by atoms with E-state index in [1.165, 1.54) is 46.2 Å². The van der Waals surface area contributed by atoms with E-state index in [-0.39, 0.29) is 6.04 Å². The molecule has 1 N–H and O–H groups in total. The molecule has 3 aliphatic rings. The van der Waals surface area contributed by atoms with Crippen molar-refractivity contribution in [3.05, 3.63) is 58.7 Å². The second-order valence-corrected chi connectivity index (χ2v) is 9.44. The van der Waals surface area contributed by atoms with E-state index in [9.17, 15) is 5.11 Å². The van der Waals surface area contributed by atoms with E-state index < -0.39 is 5.60 Å². The highest BCUT2D eigenvalue weighted by Gasteiger charge is 2.45. The van der Waals surface area contributed by atoms with Crippen LogP contribution in [0.5, 0.6) is 0 Å². The van der Waals surface area contributed by atoms with Gasteiger partial charge in [-0.15, -0.1) is 0 Å². The van der Waals surface area contributed by atoms with Crippen LogP contribution < -0.4 is 0 Å². The largest absolute Gasteiger partial charge is 0.389 e. The van der Waals surface area contributed by atoms with Crippen LogP contribution in [0.3, 0.4) is 0 Å². The van der Waals surface area contributed by atoms with Gasteiger partial charge in [0, 0.05) is 32.2 Å². The van der Waals surface area contributed by atoms with Crippen LogP contribution in [0.4, 0.5) is 0 Å². The van der Waals surface area contributed by atoms with Crippen molar-refractivity contribution < 1.29 is 5.11 Å². The maximum atomic E-state index is 10.8. The minimum absolute atomic E-state index is 0.256. The summed E-state index contributed by atoms with van der Waals surface area (Å²) in [5, 5.41) is 10.8. The summed E-state index contributed by atoms with van der Waals surface area (Å²) in [7, 11) is 2.19. The van der Waals surface area contributed by atoms with Crippen LogP contribution in [-0.2, 0) is 26.2 Å². The van der Waals surface area contributed by atoms with Gasteiger partial charge in [0.25, 0.3) is 0 Å². The van der Waals surface area contributed by atoms with Crippen molar-refractivity contribution in [2.24, 2.45) is 5.92 Å². The number of hydrogen-bond acceptors (Lipinski definition) is 3. The van der Waals surface area contributed by atoms with Crippen molar-refractivity contribution in [1.29, 1.82) is 0 Å². The zero-order chi connectivity index (χ0) is 18.8. The van der Waals surface area contributed by atoms with Crippen molar-refractivity contribution in [1.82, 2.24) is 9.80 Å². The highest BCUT2D eigenvalue weighted by molar-refractivity contribution is 5.70. The highest BCUT2D eigenvalue weighted by atomic mass is 16.3. The van der Waals surface area contributed by atoms with E-state index in [1.54, 1.807) is 0 Å². The molecule has 0 bridgehead atoms. The maximum absolute atomic E-state index is 10.8. The summed E-state index contributed by atoms with van der Waals surface area (Å²) in [5.74, 6) is 0.651. The molecule has 0 radical (unpaired) electrons. The zero-order valence-corrected chi connectivity index (χ0v) is 16.7. The third-order valence-corrected chi connectivity index (χ3v) is 6.59. The Balaban J connectivity index is 1.48. The van der Waals surface area contributed by atoms with Crippen LogP contribution in [0.1, 0.15) is 48.9 Å². The van der Waals surface area contributed by atoms with Crippen LogP contribution in [-0.4, -0.2) is 33.6 Å². The van der Waals surface area contributed by atoms with E-state index in [4.69, 9.17) is 0 Å². The normalized spacial score (nSPS) is 21.3. The summed E-state index contributed by atoms with van der Waals surface area (Å²) in [6.07, 6.45) is 2.51. The maximum Gasteiger partial charge on any atom is 0.0749 e. The van der Waals surface area contributed by atoms with Gasteiger partial charge in [0.2, 0.25) is 0 Å². The Hall–Kier alpha value is -1.68. The summed E-state index contributed by atoms with van der Waals surface area (Å²) in [6.45, 7) is 7.99. The molecule has 1 atom stereocenters. The summed E-state index contributed by atoms with van der Waals surface area (Å²) in [4.78, 5) is 4.89. The second-order valence-electron chi connectivity index (χ2n) is 9.44. The van der Waals surface area contributed by atoms with Gasteiger partial charge in [-0.05, 0) is 79.1 Å². The number of rotatable bonds is 4. The lowest BCUT2D eigenvalue weighted by Crippen LogP contribution is -2.48. The fraction of sp³-hybridized carbons (Fsp3) is 0.500. The van der Waals surface area contributed by atoms with Crippen LogP contribution in [0, 0.1) is 5.92 Å². The number of aliphatic hydroxyl groups is 1. The van der Waals surface area contributed by atoms with Crippen molar-refractivity contribution in [3.63, 3.8) is 0 Å². The molecule has 2 aliphatic heterocycles. The van der Waals surface area contributed by atoms with Gasteiger partial charge in [-0.3, -0.25) is 9.80 Å². The minimum atomic E-state index is -0.651. The monoisotopic (exact) mass is 362 g/mol. The average molecular weight is 363 g/mol. The topological polar surface area (TPSA) is 26.7 Å². The number of hydrogen-bond donors (Lipinski definition) is 1. The number of nitrogens with zero attached hydrogens (tertiary/aromatic N) is 2. The lowest BCUT2D eigenvalue weighted by Gasteiger charge is -2.37. The SMILES string of the molecule is CN1Cc2ccc(-c3cccc4c3CN([C@H](C3CC3)C(C)(C)O)C4)cc2C1. The zero-order valence-electron chi connectivity index (χ0n) is 16.7. The first-order chi connectivity index (χ1) is 12.9. The molecule has 2 heterocycles. The summed E-state index contributed by atoms with van der Waals surface area (Å²) in [6, 6.07) is 14.0. The Kier molecular flexibility index (Phi) is 3.98. The fourth-order valence-electron chi connectivity index (χ4n) is 5.38. The Morgan fingerprint density at radius 3 is 2.48 bits per heavy atom. The van der Waals surface area contributed by atoms with E-state index in [1.807, 2.05) is 13.8 Å². The Morgan fingerprint density at radius 1 is 0.963 bits per heavy atom. The number of benzene rings is 2. The van der Waals surface area contributed by atoms with E-state index in [2.05, 4.69) is 53.2 Å². The van der Waals surface area contributed by atoms with Gasteiger partial charge in [-0.2, -0.15) is 0 Å². The smallest absolute Gasteiger partial charge is 0.0749 e. The molecule has 0 amide bonds. The lowest BCUT2D eigenvalue weighted by atomic mass is 9.93. The Labute approximate surface area is 162 Å². The molecule has 1 saturated carbocycles. The molecule has 2 aromatic carbocycles. The summed E-state index contributed by atoms with van der Waals surface area (Å²) >= 11 is 0. The van der Waals surface area contributed by atoms with Gasteiger partial charge in [-0.1, -0.05) is 30.3 Å². The van der Waals surface area contributed by atoms with Gasteiger partial charge in [0.1, 0.15) is 0 Å². The predicted octanol–water partition coefficient (Wildman–Crippen LogP) is 4.16. The first kappa shape index (κ1) is 17.4. The molecule has 0 spiro atoms. The van der Waals surface area contributed by atoms with Crippen LogP contribution >= 0.6 is 0 Å². The van der Waals surface area contributed by atoms with Crippen molar-refractivity contribution in [3.8, 4) is 11.1 Å². The molecule has 27 heavy (non-hydrogen) atoms. The molecule has 2 aromatic rings. The third-order valence-electron chi connectivity index (χ3n) is 6.59.